The fraction of sp³-hybridized carbons (Fsp3) is 0.278. The number of aromatic nitrogens is 1. The molecule has 26 heavy (non-hydrogen) atoms. The lowest BCUT2D eigenvalue weighted by Gasteiger charge is -2.18. The highest BCUT2D eigenvalue weighted by atomic mass is 35.5. The summed E-state index contributed by atoms with van der Waals surface area (Å²) in [7, 11) is -3.61. The van der Waals surface area contributed by atoms with Crippen molar-refractivity contribution in [2.45, 2.75) is 25.3 Å². The van der Waals surface area contributed by atoms with Gasteiger partial charge in [-0.2, -0.15) is 4.31 Å². The summed E-state index contributed by atoms with van der Waals surface area (Å²) in [6.45, 7) is 4.62. The van der Waals surface area contributed by atoms with Crippen molar-refractivity contribution in [3.8, 4) is 0 Å². The van der Waals surface area contributed by atoms with Gasteiger partial charge in [0.15, 0.2) is 5.58 Å². The first kappa shape index (κ1) is 18.7. The zero-order valence-corrected chi connectivity index (χ0v) is 16.0. The maximum absolute atomic E-state index is 12.6. The van der Waals surface area contributed by atoms with Crippen LogP contribution in [0.25, 0.3) is 11.1 Å². The molecule has 3 aromatic rings. The summed E-state index contributed by atoms with van der Waals surface area (Å²) < 4.78 is 33.4. The quantitative estimate of drug-likeness (QED) is 0.642. The summed E-state index contributed by atoms with van der Waals surface area (Å²) in [4.78, 5) is 12.3. The minimum absolute atomic E-state index is 0.112. The zero-order chi connectivity index (χ0) is 18.9. The third kappa shape index (κ3) is 3.42. The monoisotopic (exact) mass is 394 g/mol. The average molecular weight is 395 g/mol. The van der Waals surface area contributed by atoms with Crippen LogP contribution in [0.3, 0.4) is 0 Å². The van der Waals surface area contributed by atoms with Crippen molar-refractivity contribution in [3.63, 3.8) is 0 Å². The Kier molecular flexibility index (Phi) is 5.22. The van der Waals surface area contributed by atoms with E-state index in [0.29, 0.717) is 30.2 Å². The molecule has 1 heterocycles. The van der Waals surface area contributed by atoms with Gasteiger partial charge in [0.25, 0.3) is 0 Å². The molecule has 0 radical (unpaired) electrons. The van der Waals surface area contributed by atoms with Crippen LogP contribution in [0.2, 0.25) is 5.02 Å². The molecular weight excluding hydrogens is 376 g/mol. The molecule has 6 nitrogen and oxygen atoms in total. The van der Waals surface area contributed by atoms with Crippen molar-refractivity contribution in [3.05, 3.63) is 63.6 Å². The van der Waals surface area contributed by atoms with Gasteiger partial charge in [-0.25, -0.2) is 13.2 Å². The van der Waals surface area contributed by atoms with Crippen LogP contribution < -0.4 is 5.76 Å². The van der Waals surface area contributed by atoms with Crippen molar-refractivity contribution in [2.75, 3.05) is 13.1 Å². The van der Waals surface area contributed by atoms with Crippen molar-refractivity contribution in [1.29, 1.82) is 0 Å². The standard InChI is InChI=1S/C18H19ClN2O4S/c1-3-20(4-2)26(23,24)15-9-10-16-17(11-15)25-18(22)21(16)12-13-5-7-14(19)8-6-13/h5-11H,3-4,12H2,1-2H3. The predicted octanol–water partition coefficient (Wildman–Crippen LogP) is 3.33. The molecule has 0 aliphatic carbocycles. The molecule has 2 aromatic carbocycles. The van der Waals surface area contributed by atoms with E-state index in [2.05, 4.69) is 0 Å². The molecule has 0 saturated carbocycles. The second-order valence-electron chi connectivity index (χ2n) is 5.80. The van der Waals surface area contributed by atoms with Crippen molar-refractivity contribution >= 4 is 32.7 Å². The fourth-order valence-electron chi connectivity index (χ4n) is 2.84. The summed E-state index contributed by atoms with van der Waals surface area (Å²) in [5.74, 6) is -0.535. The highest BCUT2D eigenvalue weighted by molar-refractivity contribution is 7.89. The summed E-state index contributed by atoms with van der Waals surface area (Å²) in [5, 5.41) is 0.615. The number of hydrogen-bond acceptors (Lipinski definition) is 4. The molecular formula is C18H19ClN2O4S. The second-order valence-corrected chi connectivity index (χ2v) is 8.17. The van der Waals surface area contributed by atoms with E-state index >= 15 is 0 Å². The number of nitrogens with zero attached hydrogens (tertiary/aromatic N) is 2. The molecule has 0 unspecified atom stereocenters. The number of halogens is 1. The Morgan fingerprint density at radius 2 is 1.73 bits per heavy atom. The second kappa shape index (κ2) is 7.26. The van der Waals surface area contributed by atoms with Crippen LogP contribution >= 0.6 is 11.6 Å². The Labute approximate surface area is 156 Å². The van der Waals surface area contributed by atoms with Crippen LogP contribution in [0.4, 0.5) is 0 Å². The van der Waals surface area contributed by atoms with Gasteiger partial charge >= 0.3 is 5.76 Å². The lowest BCUT2D eigenvalue weighted by molar-refractivity contribution is 0.445. The maximum atomic E-state index is 12.6. The Balaban J connectivity index is 2.03. The van der Waals surface area contributed by atoms with Crippen LogP contribution in [-0.2, 0) is 16.6 Å². The molecule has 0 atom stereocenters. The minimum atomic E-state index is -3.61. The number of rotatable bonds is 6. The van der Waals surface area contributed by atoms with E-state index in [-0.39, 0.29) is 10.5 Å². The van der Waals surface area contributed by atoms with Crippen molar-refractivity contribution in [1.82, 2.24) is 8.87 Å². The third-order valence-corrected chi connectivity index (χ3v) is 6.53. The first-order chi connectivity index (χ1) is 12.4. The average Bonchev–Trinajstić information content (AvgIpc) is 2.92. The van der Waals surface area contributed by atoms with Gasteiger partial charge < -0.3 is 4.42 Å². The van der Waals surface area contributed by atoms with E-state index in [1.165, 1.54) is 21.0 Å². The van der Waals surface area contributed by atoms with Gasteiger partial charge in [0.2, 0.25) is 10.0 Å². The molecule has 0 N–H and O–H groups in total. The lowest BCUT2D eigenvalue weighted by atomic mass is 10.2. The summed E-state index contributed by atoms with van der Waals surface area (Å²) >= 11 is 5.88. The van der Waals surface area contributed by atoms with E-state index in [9.17, 15) is 13.2 Å². The number of sulfonamides is 1. The molecule has 1 aromatic heterocycles. The zero-order valence-electron chi connectivity index (χ0n) is 14.5. The molecule has 8 heteroatoms. The van der Waals surface area contributed by atoms with E-state index in [1.54, 1.807) is 32.0 Å². The van der Waals surface area contributed by atoms with Crippen molar-refractivity contribution in [2.24, 2.45) is 0 Å². The van der Waals surface area contributed by atoms with Crippen LogP contribution in [0.1, 0.15) is 19.4 Å². The largest absolute Gasteiger partial charge is 0.420 e. The molecule has 138 valence electrons. The molecule has 0 amide bonds. The van der Waals surface area contributed by atoms with Crippen LogP contribution in [-0.4, -0.2) is 30.4 Å². The molecule has 0 bridgehead atoms. The molecule has 0 saturated heterocycles. The molecule has 0 fully saturated rings. The topological polar surface area (TPSA) is 72.5 Å². The summed E-state index contributed by atoms with van der Waals surface area (Å²) in [5.41, 5.74) is 1.68. The van der Waals surface area contributed by atoms with Gasteiger partial charge in [-0.05, 0) is 29.8 Å². The predicted molar refractivity (Wildman–Crippen MR) is 101 cm³/mol. The normalized spacial score (nSPS) is 12.2. The third-order valence-electron chi connectivity index (χ3n) is 4.24. The molecule has 0 aliphatic heterocycles. The first-order valence-electron chi connectivity index (χ1n) is 8.24. The molecule has 0 spiro atoms. The van der Waals surface area contributed by atoms with Gasteiger partial charge in [0.05, 0.1) is 17.0 Å². The van der Waals surface area contributed by atoms with Gasteiger partial charge in [0, 0.05) is 24.2 Å². The van der Waals surface area contributed by atoms with Crippen LogP contribution in [0.5, 0.6) is 0 Å². The van der Waals surface area contributed by atoms with E-state index in [0.717, 1.165) is 5.56 Å². The minimum Gasteiger partial charge on any atom is -0.408 e. The molecule has 3 rings (SSSR count). The highest BCUT2D eigenvalue weighted by Crippen LogP contribution is 2.22. The van der Waals surface area contributed by atoms with Gasteiger partial charge in [0.1, 0.15) is 0 Å². The first-order valence-corrected chi connectivity index (χ1v) is 10.1. The van der Waals surface area contributed by atoms with E-state index in [4.69, 9.17) is 16.0 Å². The van der Waals surface area contributed by atoms with Crippen LogP contribution in [0, 0.1) is 0 Å². The van der Waals surface area contributed by atoms with Gasteiger partial charge in [-0.1, -0.05) is 37.6 Å². The molecule has 0 aliphatic rings. The van der Waals surface area contributed by atoms with E-state index < -0.39 is 15.8 Å². The van der Waals surface area contributed by atoms with Crippen molar-refractivity contribution < 1.29 is 12.8 Å². The SMILES string of the molecule is CCN(CC)S(=O)(=O)c1ccc2c(c1)oc(=O)n2Cc1ccc(Cl)cc1. The number of fused-ring (bicyclic) bond motifs is 1. The lowest BCUT2D eigenvalue weighted by Crippen LogP contribution is -2.30. The maximum Gasteiger partial charge on any atom is 0.420 e. The number of hydrogen-bond donors (Lipinski definition) is 0. The van der Waals surface area contributed by atoms with Gasteiger partial charge in [-0.15, -0.1) is 0 Å². The van der Waals surface area contributed by atoms with Crippen LogP contribution in [0.15, 0.2) is 56.6 Å². The summed E-state index contributed by atoms with van der Waals surface area (Å²) in [6, 6.07) is 11.7. The van der Waals surface area contributed by atoms with E-state index in [1.807, 2.05) is 12.1 Å². The summed E-state index contributed by atoms with van der Waals surface area (Å²) in [6.07, 6.45) is 0. The Hall–Kier alpha value is -2.09. The Morgan fingerprint density at radius 1 is 1.08 bits per heavy atom. The Bertz CT molecular complexity index is 1080. The smallest absolute Gasteiger partial charge is 0.408 e. The Morgan fingerprint density at radius 3 is 2.35 bits per heavy atom. The highest BCUT2D eigenvalue weighted by Gasteiger charge is 2.23. The fourth-order valence-corrected chi connectivity index (χ4v) is 4.44. The van der Waals surface area contributed by atoms with Gasteiger partial charge in [-0.3, -0.25) is 4.57 Å². The number of benzene rings is 2. The number of oxazole rings is 1.